The molecule has 1 saturated carbocycles. The Morgan fingerprint density at radius 2 is 1.96 bits per heavy atom. The first-order valence-electron chi connectivity index (χ1n) is 9.50. The van der Waals surface area contributed by atoms with E-state index in [1.165, 1.54) is 45.3 Å². The molecule has 1 N–H and O–H groups in total. The molecule has 0 bridgehead atoms. The van der Waals surface area contributed by atoms with Crippen molar-refractivity contribution in [3.8, 4) is 11.5 Å². The number of hydrogen-bond donors (Lipinski definition) is 1. The van der Waals surface area contributed by atoms with Gasteiger partial charge in [-0.1, -0.05) is 31.7 Å². The lowest BCUT2D eigenvalue weighted by Crippen LogP contribution is -2.25. The number of benzene rings is 1. The van der Waals surface area contributed by atoms with Crippen molar-refractivity contribution in [1.82, 2.24) is 5.32 Å². The van der Waals surface area contributed by atoms with Crippen LogP contribution in [-0.4, -0.2) is 32.3 Å². The maximum absolute atomic E-state index is 12.3. The van der Waals surface area contributed by atoms with Crippen molar-refractivity contribution < 1.29 is 27.4 Å². The average Bonchev–Trinajstić information content (AvgIpc) is 3.15. The van der Waals surface area contributed by atoms with Crippen molar-refractivity contribution in [2.75, 3.05) is 20.3 Å². The number of amides is 1. The van der Waals surface area contributed by atoms with E-state index in [1.54, 1.807) is 12.1 Å². The second-order valence-corrected chi connectivity index (χ2v) is 7.03. The first-order valence-corrected chi connectivity index (χ1v) is 9.50. The summed E-state index contributed by atoms with van der Waals surface area (Å²) in [4.78, 5) is 12.0. The van der Waals surface area contributed by atoms with Crippen LogP contribution in [0.3, 0.4) is 0 Å². The van der Waals surface area contributed by atoms with E-state index in [4.69, 9.17) is 9.47 Å². The first-order chi connectivity index (χ1) is 12.9. The van der Waals surface area contributed by atoms with Crippen molar-refractivity contribution in [1.29, 1.82) is 0 Å². The summed E-state index contributed by atoms with van der Waals surface area (Å²) in [6, 6.07) is 4.71. The molecule has 0 aromatic heterocycles. The molecule has 1 amide bonds. The van der Waals surface area contributed by atoms with Crippen LogP contribution in [0.5, 0.6) is 11.5 Å². The fraction of sp³-hybridized carbons (Fsp3) is 0.650. The molecule has 1 aromatic carbocycles. The number of nitrogens with one attached hydrogen (secondary N) is 1. The molecule has 152 valence electrons. The lowest BCUT2D eigenvalue weighted by atomic mass is 10.0. The van der Waals surface area contributed by atoms with Crippen LogP contribution in [0.2, 0.25) is 0 Å². The largest absolute Gasteiger partial charge is 0.493 e. The fourth-order valence-electron chi connectivity index (χ4n) is 3.41. The molecule has 27 heavy (non-hydrogen) atoms. The minimum atomic E-state index is -4.40. The van der Waals surface area contributed by atoms with Gasteiger partial charge in [0.25, 0.3) is 0 Å². The Morgan fingerprint density at radius 3 is 2.63 bits per heavy atom. The van der Waals surface area contributed by atoms with Gasteiger partial charge in [-0.15, -0.1) is 0 Å². The Kier molecular flexibility index (Phi) is 8.25. The van der Waals surface area contributed by atoms with Gasteiger partial charge in [-0.25, -0.2) is 0 Å². The van der Waals surface area contributed by atoms with Crippen LogP contribution in [-0.2, 0) is 11.2 Å². The number of carbonyl (C=O) groups excluding carboxylic acids is 1. The van der Waals surface area contributed by atoms with Gasteiger partial charge in [0.2, 0.25) is 5.91 Å². The molecule has 0 unspecified atom stereocenters. The van der Waals surface area contributed by atoms with Gasteiger partial charge < -0.3 is 14.8 Å². The standard InChI is InChI=1S/C20H28F3NO3/c1-26-18-13-16(8-10-17(18)27-14-20(21,22)23)9-11-19(25)24-12-4-7-15-5-2-3-6-15/h8,10,13,15H,2-7,9,11-12,14H2,1H3,(H,24,25). The molecule has 1 aromatic rings. The molecule has 1 aliphatic rings. The lowest BCUT2D eigenvalue weighted by molar-refractivity contribution is -0.153. The topological polar surface area (TPSA) is 47.6 Å². The SMILES string of the molecule is COc1cc(CCC(=O)NCCCC2CCCC2)ccc1OCC(F)(F)F. The summed E-state index contributed by atoms with van der Waals surface area (Å²) in [5, 5.41) is 2.93. The summed E-state index contributed by atoms with van der Waals surface area (Å²) < 4.78 is 46.7. The van der Waals surface area contributed by atoms with Crippen molar-refractivity contribution >= 4 is 5.91 Å². The predicted molar refractivity (Wildman–Crippen MR) is 97.1 cm³/mol. The molecule has 7 heteroatoms. The third kappa shape index (κ3) is 8.10. The van der Waals surface area contributed by atoms with Crippen LogP contribution in [0.1, 0.15) is 50.5 Å². The van der Waals surface area contributed by atoms with Gasteiger partial charge in [-0.2, -0.15) is 13.2 Å². The number of hydrogen-bond acceptors (Lipinski definition) is 3. The van der Waals surface area contributed by atoms with Gasteiger partial charge in [-0.3, -0.25) is 4.79 Å². The summed E-state index contributed by atoms with van der Waals surface area (Å²) in [6.45, 7) is -0.672. The van der Waals surface area contributed by atoms with Crippen molar-refractivity contribution in [3.05, 3.63) is 23.8 Å². The molecule has 4 nitrogen and oxygen atoms in total. The summed E-state index contributed by atoms with van der Waals surface area (Å²) in [6.07, 6.45) is 3.91. The summed E-state index contributed by atoms with van der Waals surface area (Å²) in [5.41, 5.74) is 0.812. The number of rotatable bonds is 10. The van der Waals surface area contributed by atoms with Gasteiger partial charge in [0.1, 0.15) is 0 Å². The lowest BCUT2D eigenvalue weighted by Gasteiger charge is -2.13. The molecule has 0 heterocycles. The van der Waals surface area contributed by atoms with Gasteiger partial charge in [-0.05, 0) is 42.9 Å². The molecule has 0 atom stereocenters. The van der Waals surface area contributed by atoms with Gasteiger partial charge >= 0.3 is 6.18 Å². The normalized spacial score (nSPS) is 15.0. The van der Waals surface area contributed by atoms with Crippen LogP contribution in [0, 0.1) is 5.92 Å². The Balaban J connectivity index is 1.71. The molecular formula is C20H28F3NO3. The minimum Gasteiger partial charge on any atom is -0.493 e. The Bertz CT molecular complexity index is 599. The fourth-order valence-corrected chi connectivity index (χ4v) is 3.41. The Labute approximate surface area is 158 Å². The zero-order valence-electron chi connectivity index (χ0n) is 15.7. The van der Waals surface area contributed by atoms with E-state index < -0.39 is 12.8 Å². The van der Waals surface area contributed by atoms with E-state index in [-0.39, 0.29) is 17.4 Å². The number of halogens is 3. The van der Waals surface area contributed by atoms with Gasteiger partial charge in [0.15, 0.2) is 18.1 Å². The van der Waals surface area contributed by atoms with E-state index in [2.05, 4.69) is 5.32 Å². The summed E-state index contributed by atoms with van der Waals surface area (Å²) in [7, 11) is 1.37. The highest BCUT2D eigenvalue weighted by Crippen LogP contribution is 2.30. The highest BCUT2D eigenvalue weighted by molar-refractivity contribution is 5.76. The third-order valence-electron chi connectivity index (χ3n) is 4.85. The van der Waals surface area contributed by atoms with E-state index in [0.717, 1.165) is 17.9 Å². The zero-order chi connectivity index (χ0) is 19.7. The Morgan fingerprint density at radius 1 is 1.22 bits per heavy atom. The highest BCUT2D eigenvalue weighted by Gasteiger charge is 2.29. The van der Waals surface area contributed by atoms with Crippen LogP contribution in [0.4, 0.5) is 13.2 Å². The number of carbonyl (C=O) groups is 1. The monoisotopic (exact) mass is 387 g/mol. The van der Waals surface area contributed by atoms with Crippen molar-refractivity contribution in [2.45, 2.75) is 57.5 Å². The summed E-state index contributed by atoms with van der Waals surface area (Å²) in [5.74, 6) is 1.08. The highest BCUT2D eigenvalue weighted by atomic mass is 19.4. The van der Waals surface area contributed by atoms with Crippen LogP contribution in [0.15, 0.2) is 18.2 Å². The van der Waals surface area contributed by atoms with Crippen LogP contribution >= 0.6 is 0 Å². The van der Waals surface area contributed by atoms with Crippen LogP contribution < -0.4 is 14.8 Å². The zero-order valence-corrected chi connectivity index (χ0v) is 15.7. The van der Waals surface area contributed by atoms with Crippen molar-refractivity contribution in [3.63, 3.8) is 0 Å². The van der Waals surface area contributed by atoms with E-state index in [9.17, 15) is 18.0 Å². The predicted octanol–water partition coefficient (Wildman–Crippen LogP) is 4.66. The first kappa shape index (κ1) is 21.4. The Hall–Kier alpha value is -1.92. The molecule has 0 saturated heterocycles. The molecular weight excluding hydrogens is 359 g/mol. The number of methoxy groups -OCH3 is 1. The second kappa shape index (κ2) is 10.4. The van der Waals surface area contributed by atoms with Gasteiger partial charge in [0, 0.05) is 13.0 Å². The maximum Gasteiger partial charge on any atom is 0.422 e. The molecule has 2 rings (SSSR count). The van der Waals surface area contributed by atoms with Crippen molar-refractivity contribution in [2.24, 2.45) is 5.92 Å². The summed E-state index contributed by atoms with van der Waals surface area (Å²) >= 11 is 0. The molecule has 1 aliphatic carbocycles. The number of ether oxygens (including phenoxy) is 2. The van der Waals surface area contributed by atoms with E-state index >= 15 is 0 Å². The molecule has 0 radical (unpaired) electrons. The smallest absolute Gasteiger partial charge is 0.422 e. The third-order valence-corrected chi connectivity index (χ3v) is 4.85. The molecule has 1 fully saturated rings. The second-order valence-electron chi connectivity index (χ2n) is 7.03. The average molecular weight is 387 g/mol. The van der Waals surface area contributed by atoms with E-state index in [0.29, 0.717) is 19.4 Å². The quantitative estimate of drug-likeness (QED) is 0.594. The minimum absolute atomic E-state index is 0.0159. The van der Waals surface area contributed by atoms with Crippen LogP contribution in [0.25, 0.3) is 0 Å². The maximum atomic E-state index is 12.3. The van der Waals surface area contributed by atoms with Gasteiger partial charge in [0.05, 0.1) is 7.11 Å². The number of aryl methyl sites for hydroxylation is 1. The van der Waals surface area contributed by atoms with E-state index in [1.807, 2.05) is 0 Å². The molecule has 0 spiro atoms. The number of alkyl halides is 3. The molecule has 0 aliphatic heterocycles.